The van der Waals surface area contributed by atoms with Crippen LogP contribution < -0.4 is 5.32 Å². The number of benzene rings is 1. The highest BCUT2D eigenvalue weighted by atomic mass is 19.2. The van der Waals surface area contributed by atoms with Gasteiger partial charge in [0.2, 0.25) is 0 Å². The van der Waals surface area contributed by atoms with Crippen molar-refractivity contribution in [1.82, 2.24) is 5.32 Å². The highest BCUT2D eigenvalue weighted by molar-refractivity contribution is 5.18. The van der Waals surface area contributed by atoms with Gasteiger partial charge in [-0.15, -0.1) is 0 Å². The first kappa shape index (κ1) is 13.1. The maximum atomic E-state index is 13.3. The average Bonchev–Trinajstić information content (AvgIpc) is 2.24. The third-order valence-corrected chi connectivity index (χ3v) is 2.45. The van der Waals surface area contributed by atoms with Crippen molar-refractivity contribution in [3.8, 4) is 0 Å². The van der Waals surface area contributed by atoms with Crippen molar-refractivity contribution in [2.24, 2.45) is 0 Å². The number of nitrogens with one attached hydrogen (secondary N) is 1. The molecule has 0 amide bonds. The van der Waals surface area contributed by atoms with Crippen LogP contribution in [0.5, 0.6) is 0 Å². The second-order valence-corrected chi connectivity index (χ2v) is 4.28. The van der Waals surface area contributed by atoms with Gasteiger partial charge in [-0.1, -0.05) is 12.1 Å². The zero-order chi connectivity index (χ0) is 12.2. The minimum Gasteiger partial charge on any atom is -0.377 e. The average molecular weight is 229 g/mol. The molecular formula is C12H17F2NO. The molecule has 1 N–H and O–H groups in total. The lowest BCUT2D eigenvalue weighted by Crippen LogP contribution is -2.36. The van der Waals surface area contributed by atoms with E-state index < -0.39 is 11.6 Å². The van der Waals surface area contributed by atoms with Crippen molar-refractivity contribution in [2.75, 3.05) is 13.7 Å². The van der Waals surface area contributed by atoms with Gasteiger partial charge in [0.05, 0.1) is 5.60 Å². The summed E-state index contributed by atoms with van der Waals surface area (Å²) >= 11 is 0. The van der Waals surface area contributed by atoms with Crippen LogP contribution in [0.4, 0.5) is 8.78 Å². The van der Waals surface area contributed by atoms with E-state index in [1.807, 2.05) is 13.8 Å². The predicted molar refractivity (Wildman–Crippen MR) is 59.2 cm³/mol. The zero-order valence-electron chi connectivity index (χ0n) is 9.81. The van der Waals surface area contributed by atoms with E-state index in [1.165, 1.54) is 6.07 Å². The largest absolute Gasteiger partial charge is 0.377 e. The normalized spacial score (nSPS) is 11.8. The van der Waals surface area contributed by atoms with Gasteiger partial charge in [0, 0.05) is 25.8 Å². The van der Waals surface area contributed by atoms with Crippen LogP contribution in [0.25, 0.3) is 0 Å². The number of methoxy groups -OCH3 is 1. The summed E-state index contributed by atoms with van der Waals surface area (Å²) in [5.41, 5.74) is 0.0102. The maximum Gasteiger partial charge on any atom is 0.163 e. The van der Waals surface area contributed by atoms with Gasteiger partial charge in [-0.2, -0.15) is 0 Å². The second-order valence-electron chi connectivity index (χ2n) is 4.28. The molecule has 2 nitrogen and oxygen atoms in total. The van der Waals surface area contributed by atoms with Crippen LogP contribution in [0.15, 0.2) is 18.2 Å². The van der Waals surface area contributed by atoms with Gasteiger partial charge < -0.3 is 10.1 Å². The molecule has 1 aromatic rings. The Morgan fingerprint density at radius 1 is 1.31 bits per heavy atom. The molecule has 16 heavy (non-hydrogen) atoms. The Morgan fingerprint density at radius 2 is 2.00 bits per heavy atom. The SMILES string of the molecule is COC(C)(C)CNCc1cccc(F)c1F. The van der Waals surface area contributed by atoms with Gasteiger partial charge >= 0.3 is 0 Å². The Bertz CT molecular complexity index is 353. The van der Waals surface area contributed by atoms with Crippen LogP contribution in [0.3, 0.4) is 0 Å². The zero-order valence-corrected chi connectivity index (χ0v) is 9.81. The summed E-state index contributed by atoms with van der Waals surface area (Å²) in [4.78, 5) is 0. The van der Waals surface area contributed by atoms with E-state index >= 15 is 0 Å². The van der Waals surface area contributed by atoms with E-state index in [-0.39, 0.29) is 12.1 Å². The third-order valence-electron chi connectivity index (χ3n) is 2.45. The fourth-order valence-electron chi connectivity index (χ4n) is 1.26. The van der Waals surface area contributed by atoms with Crippen LogP contribution in [0.1, 0.15) is 19.4 Å². The van der Waals surface area contributed by atoms with Gasteiger partial charge in [-0.25, -0.2) is 8.78 Å². The summed E-state index contributed by atoms with van der Waals surface area (Å²) in [7, 11) is 1.62. The molecule has 1 aromatic carbocycles. The molecule has 0 aliphatic carbocycles. The summed E-state index contributed by atoms with van der Waals surface area (Å²) in [6.07, 6.45) is 0. The van der Waals surface area contributed by atoms with E-state index in [1.54, 1.807) is 13.2 Å². The first-order valence-electron chi connectivity index (χ1n) is 5.15. The predicted octanol–water partition coefficient (Wildman–Crippen LogP) is 2.48. The number of rotatable bonds is 5. The molecule has 0 saturated heterocycles. The molecule has 0 aromatic heterocycles. The molecule has 0 unspecified atom stereocenters. The quantitative estimate of drug-likeness (QED) is 0.837. The highest BCUT2D eigenvalue weighted by Crippen LogP contribution is 2.11. The molecule has 0 aliphatic rings. The Kier molecular flexibility index (Phi) is 4.38. The first-order chi connectivity index (χ1) is 7.46. The summed E-state index contributed by atoms with van der Waals surface area (Å²) in [5.74, 6) is -1.60. The van der Waals surface area contributed by atoms with Gasteiger partial charge in [0.1, 0.15) is 0 Å². The molecule has 0 saturated carbocycles. The standard InChI is InChI=1S/C12H17F2NO/c1-12(2,16-3)8-15-7-9-5-4-6-10(13)11(9)14/h4-6,15H,7-8H2,1-3H3. The van der Waals surface area contributed by atoms with Crippen LogP contribution in [0, 0.1) is 11.6 Å². The summed E-state index contributed by atoms with van der Waals surface area (Å²) < 4.78 is 31.3. The van der Waals surface area contributed by atoms with E-state index in [0.29, 0.717) is 12.1 Å². The fourth-order valence-corrected chi connectivity index (χ4v) is 1.26. The molecule has 0 bridgehead atoms. The number of halogens is 2. The minimum atomic E-state index is -0.815. The Labute approximate surface area is 94.6 Å². The van der Waals surface area contributed by atoms with E-state index in [0.717, 1.165) is 6.07 Å². The molecule has 0 atom stereocenters. The summed E-state index contributed by atoms with van der Waals surface area (Å²) in [6.45, 7) is 4.69. The Balaban J connectivity index is 2.53. The van der Waals surface area contributed by atoms with Crippen molar-refractivity contribution in [3.63, 3.8) is 0 Å². The first-order valence-corrected chi connectivity index (χ1v) is 5.15. The van der Waals surface area contributed by atoms with E-state index in [4.69, 9.17) is 4.74 Å². The molecule has 0 spiro atoms. The van der Waals surface area contributed by atoms with E-state index in [2.05, 4.69) is 5.32 Å². The van der Waals surface area contributed by atoms with Gasteiger partial charge in [-0.05, 0) is 19.9 Å². The lowest BCUT2D eigenvalue weighted by Gasteiger charge is -2.23. The smallest absolute Gasteiger partial charge is 0.163 e. The molecule has 0 aliphatic heterocycles. The van der Waals surface area contributed by atoms with Crippen LogP contribution in [-0.2, 0) is 11.3 Å². The molecule has 4 heteroatoms. The van der Waals surface area contributed by atoms with Gasteiger partial charge in [-0.3, -0.25) is 0 Å². The van der Waals surface area contributed by atoms with Gasteiger partial charge in [0.15, 0.2) is 11.6 Å². The molecule has 0 radical (unpaired) electrons. The highest BCUT2D eigenvalue weighted by Gasteiger charge is 2.15. The van der Waals surface area contributed by atoms with E-state index in [9.17, 15) is 8.78 Å². The number of hydrogen-bond acceptors (Lipinski definition) is 2. The topological polar surface area (TPSA) is 21.3 Å². The summed E-state index contributed by atoms with van der Waals surface area (Å²) in [5, 5.41) is 3.03. The van der Waals surface area contributed by atoms with Gasteiger partial charge in [0.25, 0.3) is 0 Å². The molecule has 90 valence electrons. The fraction of sp³-hybridized carbons (Fsp3) is 0.500. The third kappa shape index (κ3) is 3.54. The molecular weight excluding hydrogens is 212 g/mol. The lowest BCUT2D eigenvalue weighted by atomic mass is 10.1. The van der Waals surface area contributed by atoms with Crippen molar-refractivity contribution in [3.05, 3.63) is 35.4 Å². The summed E-state index contributed by atoms with van der Waals surface area (Å²) in [6, 6.07) is 4.17. The number of ether oxygens (including phenoxy) is 1. The van der Waals surface area contributed by atoms with Crippen molar-refractivity contribution < 1.29 is 13.5 Å². The second kappa shape index (κ2) is 5.37. The maximum absolute atomic E-state index is 13.3. The monoisotopic (exact) mass is 229 g/mol. The van der Waals surface area contributed by atoms with Crippen LogP contribution in [0.2, 0.25) is 0 Å². The Hall–Kier alpha value is -1.00. The molecule has 1 rings (SSSR count). The minimum absolute atomic E-state index is 0.288. The van der Waals surface area contributed by atoms with Crippen LogP contribution in [-0.4, -0.2) is 19.3 Å². The van der Waals surface area contributed by atoms with Crippen molar-refractivity contribution >= 4 is 0 Å². The van der Waals surface area contributed by atoms with Crippen molar-refractivity contribution in [1.29, 1.82) is 0 Å². The molecule has 0 fully saturated rings. The lowest BCUT2D eigenvalue weighted by molar-refractivity contribution is 0.0230. The Morgan fingerprint density at radius 3 is 2.62 bits per heavy atom. The molecule has 0 heterocycles. The van der Waals surface area contributed by atoms with Crippen molar-refractivity contribution in [2.45, 2.75) is 26.0 Å². The number of hydrogen-bond donors (Lipinski definition) is 1. The van der Waals surface area contributed by atoms with Crippen LogP contribution >= 0.6 is 0 Å².